The number of hydrogen-bond donors (Lipinski definition) is 0. The standard InChI is InChI=1S/C9H9F2NO/c1-6(12-13)7-3-2-4-8(5-7)9(10)11/h2-6,9H,1H3. The molecule has 0 saturated carbocycles. The molecule has 0 fully saturated rings. The SMILES string of the molecule is CC(N=O)c1cccc(C(F)F)c1. The Hall–Kier alpha value is -1.32. The van der Waals surface area contributed by atoms with Gasteiger partial charge in [0, 0.05) is 5.56 Å². The van der Waals surface area contributed by atoms with Gasteiger partial charge >= 0.3 is 0 Å². The van der Waals surface area contributed by atoms with Gasteiger partial charge in [-0.25, -0.2) is 8.78 Å². The molecule has 13 heavy (non-hydrogen) atoms. The van der Waals surface area contributed by atoms with E-state index in [1.807, 2.05) is 0 Å². The van der Waals surface area contributed by atoms with E-state index < -0.39 is 12.5 Å². The summed E-state index contributed by atoms with van der Waals surface area (Å²) in [4.78, 5) is 10.1. The average molecular weight is 185 g/mol. The Morgan fingerprint density at radius 1 is 1.31 bits per heavy atom. The number of nitroso groups, excluding NO2 is 1. The van der Waals surface area contributed by atoms with Crippen LogP contribution >= 0.6 is 0 Å². The van der Waals surface area contributed by atoms with Gasteiger partial charge in [0.1, 0.15) is 6.04 Å². The predicted octanol–water partition coefficient (Wildman–Crippen LogP) is 3.45. The molecule has 1 aromatic carbocycles. The smallest absolute Gasteiger partial charge is 0.205 e. The fourth-order valence-electron chi connectivity index (χ4n) is 1.02. The van der Waals surface area contributed by atoms with Crippen LogP contribution in [0.25, 0.3) is 0 Å². The molecule has 1 atom stereocenters. The number of halogens is 2. The fraction of sp³-hybridized carbons (Fsp3) is 0.333. The molecule has 0 N–H and O–H groups in total. The van der Waals surface area contributed by atoms with Crippen LogP contribution < -0.4 is 0 Å². The minimum atomic E-state index is -2.50. The molecule has 0 radical (unpaired) electrons. The van der Waals surface area contributed by atoms with Gasteiger partial charge < -0.3 is 0 Å². The second kappa shape index (κ2) is 4.07. The third-order valence-electron chi connectivity index (χ3n) is 1.80. The molecule has 0 aliphatic rings. The molecular formula is C9H9F2NO. The van der Waals surface area contributed by atoms with Crippen molar-refractivity contribution in [2.75, 3.05) is 0 Å². The quantitative estimate of drug-likeness (QED) is 0.663. The van der Waals surface area contributed by atoms with E-state index in [0.29, 0.717) is 5.56 Å². The van der Waals surface area contributed by atoms with E-state index in [-0.39, 0.29) is 5.56 Å². The molecule has 0 amide bonds. The zero-order chi connectivity index (χ0) is 9.84. The first-order valence-electron chi connectivity index (χ1n) is 3.85. The van der Waals surface area contributed by atoms with Crippen molar-refractivity contribution in [2.45, 2.75) is 19.4 Å². The Morgan fingerprint density at radius 2 is 1.92 bits per heavy atom. The topological polar surface area (TPSA) is 29.4 Å². The van der Waals surface area contributed by atoms with Crippen molar-refractivity contribution < 1.29 is 8.78 Å². The van der Waals surface area contributed by atoms with E-state index in [0.717, 1.165) is 0 Å². The van der Waals surface area contributed by atoms with E-state index in [4.69, 9.17) is 0 Å². The molecular weight excluding hydrogens is 176 g/mol. The number of alkyl halides is 2. The highest BCUT2D eigenvalue weighted by Gasteiger charge is 2.10. The summed E-state index contributed by atoms with van der Waals surface area (Å²) in [7, 11) is 0. The first kappa shape index (κ1) is 9.77. The minimum Gasteiger partial charge on any atom is -0.205 e. The molecule has 2 nitrogen and oxygen atoms in total. The molecule has 0 aliphatic heterocycles. The summed E-state index contributed by atoms with van der Waals surface area (Å²) in [5.41, 5.74) is 0.445. The van der Waals surface area contributed by atoms with Crippen LogP contribution in [0, 0.1) is 4.91 Å². The third-order valence-corrected chi connectivity index (χ3v) is 1.80. The number of nitrogens with zero attached hydrogens (tertiary/aromatic N) is 1. The fourth-order valence-corrected chi connectivity index (χ4v) is 1.02. The lowest BCUT2D eigenvalue weighted by molar-refractivity contribution is 0.151. The van der Waals surface area contributed by atoms with Crippen LogP contribution in [0.2, 0.25) is 0 Å². The molecule has 0 heterocycles. The van der Waals surface area contributed by atoms with Crippen molar-refractivity contribution in [2.24, 2.45) is 5.18 Å². The molecule has 1 unspecified atom stereocenters. The van der Waals surface area contributed by atoms with Crippen LogP contribution in [-0.2, 0) is 0 Å². The zero-order valence-corrected chi connectivity index (χ0v) is 7.08. The Bertz CT molecular complexity index is 301. The Kier molecular flexibility index (Phi) is 3.06. The maximum atomic E-state index is 12.2. The van der Waals surface area contributed by atoms with Gasteiger partial charge in [-0.3, -0.25) is 0 Å². The Balaban J connectivity index is 2.97. The van der Waals surface area contributed by atoms with Crippen molar-refractivity contribution in [3.63, 3.8) is 0 Å². The van der Waals surface area contributed by atoms with E-state index in [1.165, 1.54) is 18.2 Å². The lowest BCUT2D eigenvalue weighted by Crippen LogP contribution is -1.91. The maximum Gasteiger partial charge on any atom is 0.263 e. The first-order chi connectivity index (χ1) is 6.15. The van der Waals surface area contributed by atoms with E-state index in [1.54, 1.807) is 13.0 Å². The van der Waals surface area contributed by atoms with Crippen LogP contribution in [0.15, 0.2) is 29.4 Å². The van der Waals surface area contributed by atoms with Crippen molar-refractivity contribution in [1.82, 2.24) is 0 Å². The van der Waals surface area contributed by atoms with Gasteiger partial charge in [0.25, 0.3) is 6.43 Å². The molecule has 0 aromatic heterocycles. The van der Waals surface area contributed by atoms with Crippen LogP contribution in [0.4, 0.5) is 8.78 Å². The number of benzene rings is 1. The predicted molar refractivity (Wildman–Crippen MR) is 45.6 cm³/mol. The Labute approximate surface area is 74.6 Å². The summed E-state index contributed by atoms with van der Waals surface area (Å²) in [5.74, 6) is 0. The monoisotopic (exact) mass is 185 g/mol. The van der Waals surface area contributed by atoms with Crippen molar-refractivity contribution in [1.29, 1.82) is 0 Å². The highest BCUT2D eigenvalue weighted by atomic mass is 19.3. The lowest BCUT2D eigenvalue weighted by Gasteiger charge is -2.05. The van der Waals surface area contributed by atoms with Crippen LogP contribution in [0.1, 0.15) is 30.5 Å². The summed E-state index contributed by atoms with van der Waals surface area (Å²) >= 11 is 0. The van der Waals surface area contributed by atoms with Crippen LogP contribution in [0.5, 0.6) is 0 Å². The van der Waals surface area contributed by atoms with Gasteiger partial charge in [0.05, 0.1) is 0 Å². The molecule has 0 bridgehead atoms. The number of hydrogen-bond acceptors (Lipinski definition) is 2. The first-order valence-corrected chi connectivity index (χ1v) is 3.85. The second-order valence-electron chi connectivity index (χ2n) is 2.75. The molecule has 4 heteroatoms. The van der Waals surface area contributed by atoms with Crippen molar-refractivity contribution in [3.05, 3.63) is 40.3 Å². The average Bonchev–Trinajstić information content (AvgIpc) is 2.17. The third kappa shape index (κ3) is 2.31. The van der Waals surface area contributed by atoms with Gasteiger partial charge in [-0.2, -0.15) is 4.91 Å². The molecule has 0 aliphatic carbocycles. The van der Waals surface area contributed by atoms with Gasteiger partial charge in [0.15, 0.2) is 0 Å². The maximum absolute atomic E-state index is 12.2. The van der Waals surface area contributed by atoms with Gasteiger partial charge in [0.2, 0.25) is 0 Å². The van der Waals surface area contributed by atoms with Crippen molar-refractivity contribution >= 4 is 0 Å². The Morgan fingerprint density at radius 3 is 2.46 bits per heavy atom. The largest absolute Gasteiger partial charge is 0.263 e. The highest BCUT2D eigenvalue weighted by Crippen LogP contribution is 2.23. The summed E-state index contributed by atoms with van der Waals surface area (Å²) in [5, 5.41) is 2.76. The second-order valence-corrected chi connectivity index (χ2v) is 2.75. The highest BCUT2D eigenvalue weighted by molar-refractivity contribution is 5.26. The van der Waals surface area contributed by atoms with Crippen LogP contribution in [-0.4, -0.2) is 0 Å². The summed E-state index contributed by atoms with van der Waals surface area (Å²) in [6.07, 6.45) is -2.50. The summed E-state index contributed by atoms with van der Waals surface area (Å²) in [6, 6.07) is 5.16. The molecule has 0 saturated heterocycles. The number of rotatable bonds is 3. The molecule has 0 spiro atoms. The summed E-state index contributed by atoms with van der Waals surface area (Å²) in [6.45, 7) is 1.57. The van der Waals surface area contributed by atoms with E-state index in [2.05, 4.69) is 5.18 Å². The van der Waals surface area contributed by atoms with Crippen LogP contribution in [0.3, 0.4) is 0 Å². The van der Waals surface area contributed by atoms with Gasteiger partial charge in [-0.15, -0.1) is 0 Å². The lowest BCUT2D eigenvalue weighted by atomic mass is 10.1. The van der Waals surface area contributed by atoms with Crippen molar-refractivity contribution in [3.8, 4) is 0 Å². The minimum absolute atomic E-state index is 0.0759. The normalized spacial score (nSPS) is 12.9. The van der Waals surface area contributed by atoms with Gasteiger partial charge in [-0.1, -0.05) is 23.4 Å². The molecule has 1 aromatic rings. The zero-order valence-electron chi connectivity index (χ0n) is 7.08. The van der Waals surface area contributed by atoms with E-state index in [9.17, 15) is 13.7 Å². The van der Waals surface area contributed by atoms with Gasteiger partial charge in [-0.05, 0) is 18.6 Å². The van der Waals surface area contributed by atoms with E-state index >= 15 is 0 Å². The molecule has 1 rings (SSSR count). The summed E-state index contributed by atoms with van der Waals surface area (Å²) < 4.78 is 24.4. The molecule has 70 valence electrons.